The smallest absolute Gasteiger partial charge is 0.141 e. The number of hydrogen-bond acceptors (Lipinski definition) is 5. The fourth-order valence-electron chi connectivity index (χ4n) is 0.950. The molecule has 0 aliphatic rings. The lowest BCUT2D eigenvalue weighted by Gasteiger charge is -1.94. The van der Waals surface area contributed by atoms with Gasteiger partial charge in [0.2, 0.25) is 0 Å². The lowest BCUT2D eigenvalue weighted by atomic mass is 10.3. The average Bonchev–Trinajstić information content (AvgIpc) is 2.53. The largest absolute Gasteiger partial charge is 0.382 e. The molecule has 13 heavy (non-hydrogen) atoms. The van der Waals surface area contributed by atoms with Crippen molar-refractivity contribution in [2.75, 3.05) is 5.73 Å². The van der Waals surface area contributed by atoms with Crippen molar-refractivity contribution < 1.29 is 0 Å². The molecule has 0 saturated carbocycles. The molecule has 2 heterocycles. The van der Waals surface area contributed by atoms with Crippen molar-refractivity contribution in [3.63, 3.8) is 0 Å². The van der Waals surface area contributed by atoms with Gasteiger partial charge in [0.05, 0.1) is 23.0 Å². The van der Waals surface area contributed by atoms with Gasteiger partial charge in [-0.2, -0.15) is 4.37 Å². The van der Waals surface area contributed by atoms with Crippen molar-refractivity contribution in [3.8, 4) is 10.6 Å². The quantitative estimate of drug-likeness (QED) is 0.743. The highest BCUT2D eigenvalue weighted by Gasteiger charge is 2.02. The number of nitrogen functional groups attached to an aromatic ring is 1. The molecule has 5 heteroatoms. The van der Waals surface area contributed by atoms with Crippen LogP contribution in [0.1, 0.15) is 5.69 Å². The number of nitrogens with two attached hydrogens (primary N) is 1. The van der Waals surface area contributed by atoms with Crippen LogP contribution in [0, 0.1) is 6.92 Å². The third-order valence-corrected chi connectivity index (χ3v) is 2.46. The molecule has 0 spiro atoms. The van der Waals surface area contributed by atoms with Gasteiger partial charge in [0, 0.05) is 0 Å². The summed E-state index contributed by atoms with van der Waals surface area (Å²) in [6.07, 6.45) is 3.20. The van der Waals surface area contributed by atoms with Gasteiger partial charge in [-0.25, -0.2) is 9.97 Å². The molecule has 0 atom stereocenters. The maximum Gasteiger partial charge on any atom is 0.141 e. The van der Waals surface area contributed by atoms with Crippen molar-refractivity contribution >= 4 is 17.4 Å². The number of hydrogen-bond donors (Lipinski definition) is 1. The number of nitrogens with zero attached hydrogens (tertiary/aromatic N) is 3. The van der Waals surface area contributed by atoms with Gasteiger partial charge in [-0.05, 0) is 24.5 Å². The SMILES string of the molecule is Cc1cc(-c2cnc(N)cn2)sn1. The van der Waals surface area contributed by atoms with Gasteiger partial charge >= 0.3 is 0 Å². The van der Waals surface area contributed by atoms with Crippen molar-refractivity contribution in [3.05, 3.63) is 24.2 Å². The maximum atomic E-state index is 5.42. The summed E-state index contributed by atoms with van der Waals surface area (Å²) < 4.78 is 4.16. The van der Waals surface area contributed by atoms with Crippen LogP contribution in [0.4, 0.5) is 5.82 Å². The van der Waals surface area contributed by atoms with E-state index < -0.39 is 0 Å². The molecule has 0 aliphatic carbocycles. The van der Waals surface area contributed by atoms with Crippen LogP contribution in [0.3, 0.4) is 0 Å². The van der Waals surface area contributed by atoms with E-state index in [1.54, 1.807) is 12.4 Å². The molecular weight excluding hydrogens is 184 g/mol. The fraction of sp³-hybridized carbons (Fsp3) is 0.125. The summed E-state index contributed by atoms with van der Waals surface area (Å²) in [7, 11) is 0. The van der Waals surface area contributed by atoms with Crippen LogP contribution in [0.25, 0.3) is 10.6 Å². The van der Waals surface area contributed by atoms with Crippen LogP contribution in [0.5, 0.6) is 0 Å². The Labute approximate surface area is 79.6 Å². The third kappa shape index (κ3) is 1.65. The molecule has 0 unspecified atom stereocenters. The molecule has 0 amide bonds. The maximum absolute atomic E-state index is 5.42. The van der Waals surface area contributed by atoms with E-state index in [1.807, 2.05) is 13.0 Å². The monoisotopic (exact) mass is 192 g/mol. The van der Waals surface area contributed by atoms with E-state index in [0.29, 0.717) is 5.82 Å². The molecule has 0 aliphatic heterocycles. The molecular formula is C8H8N4S. The molecule has 4 nitrogen and oxygen atoms in total. The van der Waals surface area contributed by atoms with Gasteiger partial charge in [-0.15, -0.1) is 0 Å². The van der Waals surface area contributed by atoms with Crippen molar-refractivity contribution in [2.45, 2.75) is 6.92 Å². The van der Waals surface area contributed by atoms with Gasteiger partial charge < -0.3 is 5.73 Å². The molecule has 0 bridgehead atoms. The Morgan fingerprint density at radius 2 is 2.15 bits per heavy atom. The second-order valence-electron chi connectivity index (χ2n) is 2.66. The number of rotatable bonds is 1. The molecule has 2 aromatic rings. The lowest BCUT2D eigenvalue weighted by molar-refractivity contribution is 1.22. The predicted molar refractivity (Wildman–Crippen MR) is 52.3 cm³/mol. The minimum atomic E-state index is 0.435. The Morgan fingerprint density at radius 1 is 1.31 bits per heavy atom. The van der Waals surface area contributed by atoms with Crippen LogP contribution in [0.15, 0.2) is 18.5 Å². The van der Waals surface area contributed by atoms with Crippen LogP contribution in [0.2, 0.25) is 0 Å². The van der Waals surface area contributed by atoms with Gasteiger partial charge in [0.25, 0.3) is 0 Å². The first kappa shape index (κ1) is 8.12. The van der Waals surface area contributed by atoms with E-state index in [0.717, 1.165) is 16.3 Å². The average molecular weight is 192 g/mol. The minimum Gasteiger partial charge on any atom is -0.382 e. The molecule has 2 aromatic heterocycles. The van der Waals surface area contributed by atoms with Gasteiger partial charge in [-0.1, -0.05) is 0 Å². The Bertz CT molecular complexity index is 406. The summed E-state index contributed by atoms with van der Waals surface area (Å²) in [6, 6.07) is 1.98. The van der Waals surface area contributed by atoms with Crippen LogP contribution in [-0.4, -0.2) is 14.3 Å². The highest BCUT2D eigenvalue weighted by Crippen LogP contribution is 2.21. The standard InChI is InChI=1S/C8H8N4S/c1-5-2-7(13-12-5)6-3-11-8(9)4-10-6/h2-4H,1H3,(H2,9,11). The van der Waals surface area contributed by atoms with Crippen molar-refractivity contribution in [1.82, 2.24) is 14.3 Å². The number of aryl methyl sites for hydroxylation is 1. The summed E-state index contributed by atoms with van der Waals surface area (Å²) in [5.41, 5.74) is 7.24. The highest BCUT2D eigenvalue weighted by atomic mass is 32.1. The Morgan fingerprint density at radius 3 is 2.69 bits per heavy atom. The van der Waals surface area contributed by atoms with E-state index >= 15 is 0 Å². The molecule has 0 aromatic carbocycles. The predicted octanol–water partition coefficient (Wildman–Crippen LogP) is 1.49. The fourth-order valence-corrected chi connectivity index (χ4v) is 1.67. The van der Waals surface area contributed by atoms with E-state index in [-0.39, 0.29) is 0 Å². The van der Waals surface area contributed by atoms with Crippen molar-refractivity contribution in [1.29, 1.82) is 0 Å². The molecule has 0 fully saturated rings. The van der Waals surface area contributed by atoms with E-state index in [9.17, 15) is 0 Å². The van der Waals surface area contributed by atoms with Crippen molar-refractivity contribution in [2.24, 2.45) is 0 Å². The number of aromatic nitrogens is 3. The molecule has 0 radical (unpaired) electrons. The number of anilines is 1. The lowest BCUT2D eigenvalue weighted by Crippen LogP contribution is -1.91. The van der Waals surface area contributed by atoms with Gasteiger partial charge in [0.15, 0.2) is 0 Å². The minimum absolute atomic E-state index is 0.435. The van der Waals surface area contributed by atoms with Crippen LogP contribution < -0.4 is 5.73 Å². The summed E-state index contributed by atoms with van der Waals surface area (Å²) in [4.78, 5) is 9.12. The summed E-state index contributed by atoms with van der Waals surface area (Å²) in [6.45, 7) is 1.95. The zero-order chi connectivity index (χ0) is 9.26. The molecule has 2 rings (SSSR count). The first-order valence-electron chi connectivity index (χ1n) is 3.77. The first-order valence-corrected chi connectivity index (χ1v) is 4.54. The Balaban J connectivity index is 2.41. The molecule has 2 N–H and O–H groups in total. The summed E-state index contributed by atoms with van der Waals surface area (Å²) in [5, 5.41) is 0. The van der Waals surface area contributed by atoms with Crippen LogP contribution in [-0.2, 0) is 0 Å². The normalized spacial score (nSPS) is 10.2. The molecule has 0 saturated heterocycles. The topological polar surface area (TPSA) is 64.7 Å². The van der Waals surface area contributed by atoms with Gasteiger partial charge in [-0.3, -0.25) is 0 Å². The zero-order valence-corrected chi connectivity index (χ0v) is 7.88. The van der Waals surface area contributed by atoms with E-state index in [4.69, 9.17) is 5.73 Å². The Kier molecular flexibility index (Phi) is 1.94. The second kappa shape index (κ2) is 3.10. The van der Waals surface area contributed by atoms with Crippen LogP contribution >= 0.6 is 11.5 Å². The van der Waals surface area contributed by atoms with E-state index in [1.165, 1.54) is 11.5 Å². The summed E-state index contributed by atoms with van der Waals surface area (Å²) >= 11 is 1.42. The summed E-state index contributed by atoms with van der Waals surface area (Å²) in [5.74, 6) is 0.435. The highest BCUT2D eigenvalue weighted by molar-refractivity contribution is 7.09. The molecule has 66 valence electrons. The van der Waals surface area contributed by atoms with E-state index in [2.05, 4.69) is 14.3 Å². The van der Waals surface area contributed by atoms with Gasteiger partial charge in [0.1, 0.15) is 11.5 Å². The Hall–Kier alpha value is -1.49. The first-order chi connectivity index (χ1) is 6.25. The second-order valence-corrected chi connectivity index (χ2v) is 3.46. The third-order valence-electron chi connectivity index (χ3n) is 1.55. The zero-order valence-electron chi connectivity index (χ0n) is 7.06.